The van der Waals surface area contributed by atoms with Gasteiger partial charge in [0.25, 0.3) is 0 Å². The summed E-state index contributed by atoms with van der Waals surface area (Å²) in [6.45, 7) is 0. The average Bonchev–Trinajstić information content (AvgIpc) is 2.84. The Morgan fingerprint density at radius 3 is 1.91 bits per heavy atom. The molecule has 6 heteroatoms. The molecule has 1 N–H and O–H groups in total. The van der Waals surface area contributed by atoms with Crippen LogP contribution in [-0.4, -0.2) is 23.9 Å². The maximum absolute atomic E-state index is 13.2. The third kappa shape index (κ3) is 5.45. The fourth-order valence-corrected chi connectivity index (χ4v) is 4.42. The van der Waals surface area contributed by atoms with Gasteiger partial charge >= 0.3 is 5.97 Å². The largest absolute Gasteiger partial charge is 0.478 e. The molecule has 0 radical (unpaired) electrons. The van der Waals surface area contributed by atoms with Gasteiger partial charge in [0.1, 0.15) is 0 Å². The number of anilines is 2. The van der Waals surface area contributed by atoms with Gasteiger partial charge in [-0.25, -0.2) is 4.79 Å². The second-order valence-corrected chi connectivity index (χ2v) is 8.96. The van der Waals surface area contributed by atoms with Crippen LogP contribution in [0.1, 0.15) is 26.3 Å². The highest BCUT2D eigenvalue weighted by Crippen LogP contribution is 2.30. The Morgan fingerprint density at radius 2 is 1.30 bits per heavy atom. The van der Waals surface area contributed by atoms with Crippen LogP contribution in [0.3, 0.4) is 0 Å². The van der Waals surface area contributed by atoms with E-state index in [1.54, 1.807) is 24.3 Å². The van der Waals surface area contributed by atoms with E-state index < -0.39 is 5.97 Å². The molecule has 4 nitrogen and oxygen atoms in total. The van der Waals surface area contributed by atoms with E-state index in [-0.39, 0.29) is 11.3 Å². The van der Waals surface area contributed by atoms with E-state index in [1.807, 2.05) is 78.7 Å². The fourth-order valence-electron chi connectivity index (χ4n) is 3.35. The molecule has 4 aromatic rings. The molecule has 164 valence electrons. The van der Waals surface area contributed by atoms with E-state index >= 15 is 0 Å². The molecule has 33 heavy (non-hydrogen) atoms. The minimum absolute atomic E-state index is 0.0818. The molecule has 0 spiro atoms. The van der Waals surface area contributed by atoms with Crippen LogP contribution < -0.4 is 4.90 Å². The number of nitrogens with zero attached hydrogens (tertiary/aromatic N) is 1. The van der Waals surface area contributed by atoms with Gasteiger partial charge in [-0.3, -0.25) is 4.79 Å². The first kappa shape index (κ1) is 22.6. The number of carbonyl (C=O) groups is 2. The lowest BCUT2D eigenvalue weighted by molar-refractivity contribution is 0.0696. The number of hydrogen-bond acceptors (Lipinski definition) is 4. The Kier molecular flexibility index (Phi) is 6.82. The number of aromatic carboxylic acids is 1. The summed E-state index contributed by atoms with van der Waals surface area (Å²) in [4.78, 5) is 28.5. The topological polar surface area (TPSA) is 57.6 Å². The number of halogens is 1. The van der Waals surface area contributed by atoms with Gasteiger partial charge in [-0.05, 0) is 78.9 Å². The third-order valence-corrected chi connectivity index (χ3v) is 6.36. The average molecular weight is 474 g/mol. The second-order valence-electron chi connectivity index (χ2n) is 7.38. The van der Waals surface area contributed by atoms with Crippen LogP contribution in [0.4, 0.5) is 11.4 Å². The standard InChI is InChI=1S/C27H20ClNO3S/c1-29(23-13-9-21(28)10-14-23)22-11-7-18(8-12-22)26(30)19-15-20(27(31)32)17-25(16-19)33-24-5-3-2-4-6-24/h2-17H,1H3,(H,31,32). The highest BCUT2D eigenvalue weighted by atomic mass is 35.5. The van der Waals surface area contributed by atoms with E-state index in [2.05, 4.69) is 0 Å². The predicted molar refractivity (Wildman–Crippen MR) is 133 cm³/mol. The highest BCUT2D eigenvalue weighted by Gasteiger charge is 2.15. The van der Waals surface area contributed by atoms with Crippen molar-refractivity contribution in [3.8, 4) is 0 Å². The van der Waals surface area contributed by atoms with E-state index in [0.717, 1.165) is 16.3 Å². The zero-order valence-electron chi connectivity index (χ0n) is 17.7. The van der Waals surface area contributed by atoms with E-state index in [0.29, 0.717) is 21.0 Å². The lowest BCUT2D eigenvalue weighted by atomic mass is 10.0. The summed E-state index contributed by atoms with van der Waals surface area (Å²) in [6.07, 6.45) is 0. The van der Waals surface area contributed by atoms with Crippen LogP contribution in [-0.2, 0) is 0 Å². The quantitative estimate of drug-likeness (QED) is 0.288. The number of hydrogen-bond donors (Lipinski definition) is 1. The SMILES string of the molecule is CN(c1ccc(Cl)cc1)c1ccc(C(=O)c2cc(Sc3ccccc3)cc(C(=O)O)c2)cc1. The van der Waals surface area contributed by atoms with Crippen LogP contribution in [0, 0.1) is 0 Å². The number of ketones is 1. The zero-order chi connectivity index (χ0) is 23.4. The zero-order valence-corrected chi connectivity index (χ0v) is 19.3. The fraction of sp³-hybridized carbons (Fsp3) is 0.0370. The first-order chi connectivity index (χ1) is 15.9. The van der Waals surface area contributed by atoms with Crippen LogP contribution in [0.15, 0.2) is 107 Å². The highest BCUT2D eigenvalue weighted by molar-refractivity contribution is 7.99. The molecule has 0 fully saturated rings. The van der Waals surface area contributed by atoms with Crippen molar-refractivity contribution in [2.24, 2.45) is 0 Å². The molecule has 0 aliphatic carbocycles. The molecule has 0 aliphatic rings. The molecule has 4 rings (SSSR count). The Labute approximate surface area is 201 Å². The molecule has 0 unspecified atom stereocenters. The predicted octanol–water partition coefficient (Wildman–Crippen LogP) is 7.19. The van der Waals surface area contributed by atoms with Crippen molar-refractivity contribution in [1.29, 1.82) is 0 Å². The lowest BCUT2D eigenvalue weighted by Crippen LogP contribution is -2.10. The summed E-state index contributed by atoms with van der Waals surface area (Å²) in [5.74, 6) is -1.30. The van der Waals surface area contributed by atoms with Crippen LogP contribution in [0.25, 0.3) is 0 Å². The van der Waals surface area contributed by atoms with Crippen molar-refractivity contribution in [3.63, 3.8) is 0 Å². The molecule has 0 bridgehead atoms. The molecule has 0 saturated heterocycles. The molecule has 0 saturated carbocycles. The maximum atomic E-state index is 13.2. The first-order valence-electron chi connectivity index (χ1n) is 10.2. The van der Waals surface area contributed by atoms with Crippen molar-refractivity contribution in [2.75, 3.05) is 11.9 Å². The Morgan fingerprint density at radius 1 is 0.727 bits per heavy atom. The number of carboxylic acids is 1. The third-order valence-electron chi connectivity index (χ3n) is 5.13. The van der Waals surface area contributed by atoms with E-state index in [1.165, 1.54) is 17.8 Å². The van der Waals surface area contributed by atoms with Gasteiger partial charge in [0.15, 0.2) is 5.78 Å². The number of benzene rings is 4. The van der Waals surface area contributed by atoms with E-state index in [4.69, 9.17) is 11.6 Å². The molecule has 0 heterocycles. The normalized spacial score (nSPS) is 10.6. The molecule has 0 aliphatic heterocycles. The molecule has 0 atom stereocenters. The molecular weight excluding hydrogens is 454 g/mol. The van der Waals surface area contributed by atoms with Crippen molar-refractivity contribution in [3.05, 3.63) is 119 Å². The number of carbonyl (C=O) groups excluding carboxylic acids is 1. The maximum Gasteiger partial charge on any atom is 0.335 e. The summed E-state index contributed by atoms with van der Waals surface area (Å²) >= 11 is 7.39. The smallest absolute Gasteiger partial charge is 0.335 e. The number of carboxylic acid groups (broad SMARTS) is 1. The van der Waals surface area contributed by atoms with Gasteiger partial charge in [-0.2, -0.15) is 0 Å². The minimum atomic E-state index is -1.07. The summed E-state index contributed by atoms with van der Waals surface area (Å²) in [7, 11) is 1.93. The Bertz CT molecular complexity index is 1290. The molecule has 0 aromatic heterocycles. The van der Waals surface area contributed by atoms with Crippen LogP contribution in [0.2, 0.25) is 5.02 Å². The van der Waals surface area contributed by atoms with Gasteiger partial charge in [0, 0.05) is 44.4 Å². The first-order valence-corrected chi connectivity index (χ1v) is 11.4. The summed E-state index contributed by atoms with van der Waals surface area (Å²) in [5, 5.41) is 10.2. The second kappa shape index (κ2) is 9.94. The summed E-state index contributed by atoms with van der Waals surface area (Å²) in [5.41, 5.74) is 2.79. The minimum Gasteiger partial charge on any atom is -0.478 e. The van der Waals surface area contributed by atoms with Crippen molar-refractivity contribution in [2.45, 2.75) is 9.79 Å². The molecule has 4 aromatic carbocycles. The number of rotatable bonds is 7. The van der Waals surface area contributed by atoms with Gasteiger partial charge in [0.2, 0.25) is 0 Å². The van der Waals surface area contributed by atoms with Gasteiger partial charge in [-0.1, -0.05) is 41.6 Å². The van der Waals surface area contributed by atoms with Gasteiger partial charge in [0.05, 0.1) is 5.56 Å². The van der Waals surface area contributed by atoms with Crippen molar-refractivity contribution in [1.82, 2.24) is 0 Å². The van der Waals surface area contributed by atoms with Crippen molar-refractivity contribution >= 4 is 46.5 Å². The molecular formula is C27H20ClNO3S. The van der Waals surface area contributed by atoms with Crippen molar-refractivity contribution < 1.29 is 14.7 Å². The van der Waals surface area contributed by atoms with Crippen LogP contribution >= 0.6 is 23.4 Å². The van der Waals surface area contributed by atoms with Gasteiger partial charge in [-0.15, -0.1) is 0 Å². The Balaban J connectivity index is 1.60. The van der Waals surface area contributed by atoms with E-state index in [9.17, 15) is 14.7 Å². The molecule has 0 amide bonds. The lowest BCUT2D eigenvalue weighted by Gasteiger charge is -2.19. The van der Waals surface area contributed by atoms with Gasteiger partial charge < -0.3 is 10.0 Å². The summed E-state index contributed by atoms with van der Waals surface area (Å²) < 4.78 is 0. The monoisotopic (exact) mass is 473 g/mol. The summed E-state index contributed by atoms with van der Waals surface area (Å²) in [6, 6.07) is 29.1. The Hall–Kier alpha value is -3.54. The van der Waals surface area contributed by atoms with Crippen LogP contribution in [0.5, 0.6) is 0 Å².